The third kappa shape index (κ3) is 2.23. The zero-order valence-corrected chi connectivity index (χ0v) is 11.1. The molecule has 0 spiro atoms. The Labute approximate surface area is 105 Å². The summed E-state index contributed by atoms with van der Waals surface area (Å²) in [5, 5.41) is 8.40. The lowest BCUT2D eigenvalue weighted by atomic mass is 10.1. The first-order valence-corrected chi connectivity index (χ1v) is 6.52. The predicted molar refractivity (Wildman–Crippen MR) is 67.9 cm³/mol. The lowest BCUT2D eigenvalue weighted by Crippen LogP contribution is -2.18. The van der Waals surface area contributed by atoms with E-state index in [1.54, 1.807) is 6.20 Å². The first kappa shape index (κ1) is 12.2. The Balaban J connectivity index is 2.37. The SMILES string of the molecule is CCc1nnsc1C(N)c1ccnn1C(C)C. The first-order valence-electron chi connectivity index (χ1n) is 5.75. The van der Waals surface area contributed by atoms with Crippen molar-refractivity contribution in [1.82, 2.24) is 19.4 Å². The Hall–Kier alpha value is -1.27. The molecule has 2 N–H and O–H groups in total. The average Bonchev–Trinajstić information content (AvgIpc) is 2.96. The third-order valence-corrected chi connectivity index (χ3v) is 3.56. The number of aryl methyl sites for hydroxylation is 1. The van der Waals surface area contributed by atoms with E-state index in [4.69, 9.17) is 5.73 Å². The Kier molecular flexibility index (Phi) is 3.54. The van der Waals surface area contributed by atoms with Gasteiger partial charge in [-0.25, -0.2) is 0 Å². The maximum atomic E-state index is 6.29. The van der Waals surface area contributed by atoms with Crippen molar-refractivity contribution in [3.63, 3.8) is 0 Å². The highest BCUT2D eigenvalue weighted by atomic mass is 32.1. The predicted octanol–water partition coefficient (Wildman–Crippen LogP) is 1.93. The summed E-state index contributed by atoms with van der Waals surface area (Å²) < 4.78 is 5.93. The van der Waals surface area contributed by atoms with Gasteiger partial charge in [0.15, 0.2) is 0 Å². The standard InChI is InChI=1S/C11H17N5S/c1-4-8-11(17-15-14-8)10(12)9-5-6-13-16(9)7(2)3/h5-7,10H,4,12H2,1-3H3. The molecule has 0 saturated carbocycles. The highest BCUT2D eigenvalue weighted by molar-refractivity contribution is 7.05. The smallest absolute Gasteiger partial charge is 0.0852 e. The number of hydrogen-bond donors (Lipinski definition) is 1. The molecule has 0 aliphatic heterocycles. The largest absolute Gasteiger partial charge is 0.318 e. The molecule has 5 nitrogen and oxygen atoms in total. The van der Waals surface area contributed by atoms with Gasteiger partial charge in [0.1, 0.15) is 0 Å². The van der Waals surface area contributed by atoms with E-state index in [1.807, 2.05) is 10.7 Å². The van der Waals surface area contributed by atoms with Gasteiger partial charge in [-0.1, -0.05) is 11.4 Å². The van der Waals surface area contributed by atoms with E-state index in [1.165, 1.54) is 11.5 Å². The molecule has 1 unspecified atom stereocenters. The quantitative estimate of drug-likeness (QED) is 0.901. The van der Waals surface area contributed by atoms with Gasteiger partial charge in [0.25, 0.3) is 0 Å². The van der Waals surface area contributed by atoms with Crippen molar-refractivity contribution < 1.29 is 0 Å². The van der Waals surface area contributed by atoms with Crippen LogP contribution in [0.1, 0.15) is 49.1 Å². The van der Waals surface area contributed by atoms with Crippen LogP contribution in [0.25, 0.3) is 0 Å². The molecule has 0 radical (unpaired) electrons. The molecular formula is C11H17N5S. The van der Waals surface area contributed by atoms with Gasteiger partial charge in [-0.3, -0.25) is 4.68 Å². The molecule has 2 heterocycles. The van der Waals surface area contributed by atoms with Gasteiger partial charge in [0.2, 0.25) is 0 Å². The van der Waals surface area contributed by atoms with E-state index in [0.717, 1.165) is 22.7 Å². The summed E-state index contributed by atoms with van der Waals surface area (Å²) in [6.07, 6.45) is 2.64. The van der Waals surface area contributed by atoms with Crippen LogP contribution in [0.3, 0.4) is 0 Å². The summed E-state index contributed by atoms with van der Waals surface area (Å²) in [4.78, 5) is 1.04. The van der Waals surface area contributed by atoms with Crippen LogP contribution in [-0.4, -0.2) is 19.4 Å². The van der Waals surface area contributed by atoms with Crippen LogP contribution in [0.5, 0.6) is 0 Å². The van der Waals surface area contributed by atoms with Crippen molar-refractivity contribution in [2.75, 3.05) is 0 Å². The molecule has 1 atom stereocenters. The molecule has 92 valence electrons. The fourth-order valence-corrected chi connectivity index (χ4v) is 2.59. The van der Waals surface area contributed by atoms with Crippen molar-refractivity contribution in [2.24, 2.45) is 5.73 Å². The highest BCUT2D eigenvalue weighted by Crippen LogP contribution is 2.26. The van der Waals surface area contributed by atoms with Gasteiger partial charge in [-0.15, -0.1) is 5.10 Å². The maximum Gasteiger partial charge on any atom is 0.0852 e. The monoisotopic (exact) mass is 251 g/mol. The zero-order chi connectivity index (χ0) is 12.4. The Bertz CT molecular complexity index is 488. The Morgan fingerprint density at radius 3 is 2.88 bits per heavy atom. The van der Waals surface area contributed by atoms with Gasteiger partial charge in [0, 0.05) is 12.2 Å². The highest BCUT2D eigenvalue weighted by Gasteiger charge is 2.20. The van der Waals surface area contributed by atoms with Crippen LogP contribution >= 0.6 is 11.5 Å². The van der Waals surface area contributed by atoms with Crippen molar-refractivity contribution in [3.8, 4) is 0 Å². The van der Waals surface area contributed by atoms with Gasteiger partial charge in [-0.05, 0) is 37.9 Å². The van der Waals surface area contributed by atoms with E-state index in [2.05, 4.69) is 35.5 Å². The van der Waals surface area contributed by atoms with E-state index in [0.29, 0.717) is 6.04 Å². The number of rotatable bonds is 4. The van der Waals surface area contributed by atoms with Crippen molar-refractivity contribution >= 4 is 11.5 Å². The molecule has 0 bridgehead atoms. The Morgan fingerprint density at radius 1 is 1.47 bits per heavy atom. The minimum Gasteiger partial charge on any atom is -0.318 e. The molecule has 0 amide bonds. The summed E-state index contributed by atoms with van der Waals surface area (Å²) in [5.41, 5.74) is 8.29. The fourth-order valence-electron chi connectivity index (χ4n) is 1.83. The molecule has 2 rings (SSSR count). The lowest BCUT2D eigenvalue weighted by Gasteiger charge is -2.15. The number of aromatic nitrogens is 4. The summed E-state index contributed by atoms with van der Waals surface area (Å²) >= 11 is 1.37. The molecule has 2 aromatic heterocycles. The topological polar surface area (TPSA) is 69.6 Å². The fraction of sp³-hybridized carbons (Fsp3) is 0.545. The maximum absolute atomic E-state index is 6.29. The van der Waals surface area contributed by atoms with Gasteiger partial charge < -0.3 is 5.73 Å². The van der Waals surface area contributed by atoms with Gasteiger partial charge in [-0.2, -0.15) is 5.10 Å². The summed E-state index contributed by atoms with van der Waals surface area (Å²) in [5.74, 6) is 0. The molecule has 0 aliphatic carbocycles. The molecule has 0 saturated heterocycles. The van der Waals surface area contributed by atoms with Crippen LogP contribution in [0.4, 0.5) is 0 Å². The number of nitrogens with zero attached hydrogens (tertiary/aromatic N) is 4. The van der Waals surface area contributed by atoms with Crippen molar-refractivity contribution in [3.05, 3.63) is 28.5 Å². The molecule has 6 heteroatoms. The van der Waals surface area contributed by atoms with Gasteiger partial charge in [0.05, 0.1) is 22.3 Å². The molecule has 0 aromatic carbocycles. The van der Waals surface area contributed by atoms with E-state index >= 15 is 0 Å². The van der Waals surface area contributed by atoms with Crippen LogP contribution in [-0.2, 0) is 6.42 Å². The van der Waals surface area contributed by atoms with E-state index < -0.39 is 0 Å². The zero-order valence-electron chi connectivity index (χ0n) is 10.3. The first-order chi connectivity index (χ1) is 8.15. The molecule has 17 heavy (non-hydrogen) atoms. The second-order valence-corrected chi connectivity index (χ2v) is 5.00. The molecule has 0 aliphatic rings. The normalized spacial score (nSPS) is 13.2. The van der Waals surface area contributed by atoms with Crippen molar-refractivity contribution in [2.45, 2.75) is 39.3 Å². The second kappa shape index (κ2) is 4.93. The van der Waals surface area contributed by atoms with Crippen LogP contribution in [0.2, 0.25) is 0 Å². The number of hydrogen-bond acceptors (Lipinski definition) is 5. The van der Waals surface area contributed by atoms with Gasteiger partial charge >= 0.3 is 0 Å². The Morgan fingerprint density at radius 2 is 2.24 bits per heavy atom. The molecule has 0 fully saturated rings. The van der Waals surface area contributed by atoms with E-state index in [9.17, 15) is 0 Å². The summed E-state index contributed by atoms with van der Waals surface area (Å²) in [7, 11) is 0. The molecule has 2 aromatic rings. The average molecular weight is 251 g/mol. The molecular weight excluding hydrogens is 234 g/mol. The van der Waals surface area contributed by atoms with Crippen LogP contribution in [0.15, 0.2) is 12.3 Å². The third-order valence-electron chi connectivity index (χ3n) is 2.71. The lowest BCUT2D eigenvalue weighted by molar-refractivity contribution is 0.500. The van der Waals surface area contributed by atoms with Crippen LogP contribution < -0.4 is 5.73 Å². The minimum atomic E-state index is -0.185. The minimum absolute atomic E-state index is 0.185. The van der Waals surface area contributed by atoms with E-state index in [-0.39, 0.29) is 6.04 Å². The van der Waals surface area contributed by atoms with Crippen molar-refractivity contribution in [1.29, 1.82) is 0 Å². The second-order valence-electron chi connectivity index (χ2n) is 4.21. The summed E-state index contributed by atoms with van der Waals surface area (Å²) in [6, 6.07) is 2.08. The van der Waals surface area contributed by atoms with Crippen LogP contribution in [0, 0.1) is 0 Å². The number of nitrogens with two attached hydrogens (primary N) is 1. The summed E-state index contributed by atoms with van der Waals surface area (Å²) in [6.45, 7) is 6.25.